The van der Waals surface area contributed by atoms with Crippen molar-refractivity contribution in [1.29, 1.82) is 0 Å². The second-order valence-corrected chi connectivity index (χ2v) is 7.28. The molecular weight excluding hydrogens is 264 g/mol. The summed E-state index contributed by atoms with van der Waals surface area (Å²) in [5, 5.41) is 13.0. The molecule has 2 rings (SSSR count). The van der Waals surface area contributed by atoms with Gasteiger partial charge in [-0.25, -0.2) is 0 Å². The number of amides is 1. The number of hydrogen-bond donors (Lipinski definition) is 2. The predicted molar refractivity (Wildman–Crippen MR) is 85.0 cm³/mol. The molecule has 21 heavy (non-hydrogen) atoms. The first-order valence-electron chi connectivity index (χ1n) is 8.70. The van der Waals surface area contributed by atoms with Crippen molar-refractivity contribution in [3.8, 4) is 0 Å². The first-order chi connectivity index (χ1) is 9.97. The molecule has 4 nitrogen and oxygen atoms in total. The molecule has 1 amide bonds. The van der Waals surface area contributed by atoms with Crippen LogP contribution in [-0.4, -0.2) is 47.2 Å². The van der Waals surface area contributed by atoms with E-state index in [1.54, 1.807) is 0 Å². The summed E-state index contributed by atoms with van der Waals surface area (Å²) >= 11 is 0. The fourth-order valence-corrected chi connectivity index (χ4v) is 3.68. The molecule has 2 fully saturated rings. The van der Waals surface area contributed by atoms with Crippen molar-refractivity contribution in [2.75, 3.05) is 13.1 Å². The molecule has 1 aliphatic heterocycles. The van der Waals surface area contributed by atoms with Crippen LogP contribution >= 0.6 is 0 Å². The Hall–Kier alpha value is -0.610. The van der Waals surface area contributed by atoms with Crippen LogP contribution in [0.5, 0.6) is 0 Å². The van der Waals surface area contributed by atoms with E-state index in [2.05, 4.69) is 17.1 Å². The Kier molecular flexibility index (Phi) is 6.06. The lowest BCUT2D eigenvalue weighted by Gasteiger charge is -2.38. The van der Waals surface area contributed by atoms with Gasteiger partial charge in [-0.1, -0.05) is 6.92 Å². The summed E-state index contributed by atoms with van der Waals surface area (Å²) in [6.45, 7) is 7.98. The molecule has 122 valence electrons. The molecule has 2 aliphatic rings. The van der Waals surface area contributed by atoms with E-state index >= 15 is 0 Å². The summed E-state index contributed by atoms with van der Waals surface area (Å²) in [6.07, 6.45) is 6.58. The van der Waals surface area contributed by atoms with Crippen molar-refractivity contribution in [3.63, 3.8) is 0 Å². The molecule has 0 radical (unpaired) electrons. The maximum Gasteiger partial charge on any atom is 0.237 e. The Bertz CT molecular complexity index is 338. The highest BCUT2D eigenvalue weighted by atomic mass is 16.3. The standard InChI is InChI=1S/C17H32N2O2/c1-12-6-8-16(9-7-12)18-17(21)13(2)19-10-4-5-15(11-19)14(3)20/h12-16,20H,4-11H2,1-3H3,(H,18,21). The Labute approximate surface area is 129 Å². The quantitative estimate of drug-likeness (QED) is 0.836. The van der Waals surface area contributed by atoms with E-state index in [9.17, 15) is 9.90 Å². The number of carbonyl (C=O) groups is 1. The second kappa shape index (κ2) is 7.59. The second-order valence-electron chi connectivity index (χ2n) is 7.28. The highest BCUT2D eigenvalue weighted by molar-refractivity contribution is 5.81. The summed E-state index contributed by atoms with van der Waals surface area (Å²) in [4.78, 5) is 14.7. The molecule has 0 aromatic heterocycles. The van der Waals surface area contributed by atoms with Gasteiger partial charge in [0.25, 0.3) is 0 Å². The van der Waals surface area contributed by atoms with Gasteiger partial charge < -0.3 is 10.4 Å². The average Bonchev–Trinajstić information content (AvgIpc) is 2.49. The largest absolute Gasteiger partial charge is 0.393 e. The van der Waals surface area contributed by atoms with E-state index in [0.717, 1.165) is 44.7 Å². The number of hydrogen-bond acceptors (Lipinski definition) is 3. The lowest BCUT2D eigenvalue weighted by Crippen LogP contribution is -2.52. The number of aliphatic hydroxyl groups is 1. The average molecular weight is 296 g/mol. The number of piperidine rings is 1. The zero-order valence-electron chi connectivity index (χ0n) is 13.8. The van der Waals surface area contributed by atoms with Crippen LogP contribution in [0.2, 0.25) is 0 Å². The first kappa shape index (κ1) is 16.8. The van der Waals surface area contributed by atoms with Crippen molar-refractivity contribution < 1.29 is 9.90 Å². The normalized spacial score (nSPS) is 34.2. The summed E-state index contributed by atoms with van der Waals surface area (Å²) < 4.78 is 0. The summed E-state index contributed by atoms with van der Waals surface area (Å²) in [5.41, 5.74) is 0. The number of rotatable bonds is 4. The Balaban J connectivity index is 1.81. The van der Waals surface area contributed by atoms with Gasteiger partial charge in [-0.15, -0.1) is 0 Å². The van der Waals surface area contributed by atoms with Crippen LogP contribution in [0.4, 0.5) is 0 Å². The fourth-order valence-electron chi connectivity index (χ4n) is 3.68. The number of nitrogens with zero attached hydrogens (tertiary/aromatic N) is 1. The molecule has 1 heterocycles. The zero-order valence-corrected chi connectivity index (χ0v) is 13.8. The van der Waals surface area contributed by atoms with Crippen molar-refractivity contribution in [3.05, 3.63) is 0 Å². The number of nitrogens with one attached hydrogen (secondary N) is 1. The molecule has 2 N–H and O–H groups in total. The van der Waals surface area contributed by atoms with E-state index in [0.29, 0.717) is 12.0 Å². The number of likely N-dealkylation sites (tertiary alicyclic amines) is 1. The predicted octanol–water partition coefficient (Wildman–Crippen LogP) is 2.16. The van der Waals surface area contributed by atoms with Crippen LogP contribution in [-0.2, 0) is 4.79 Å². The van der Waals surface area contributed by atoms with E-state index in [-0.39, 0.29) is 18.1 Å². The summed E-state index contributed by atoms with van der Waals surface area (Å²) in [5.74, 6) is 1.29. The molecule has 1 saturated heterocycles. The molecular formula is C17H32N2O2. The maximum atomic E-state index is 12.5. The highest BCUT2D eigenvalue weighted by Gasteiger charge is 2.30. The van der Waals surface area contributed by atoms with Crippen LogP contribution in [0, 0.1) is 11.8 Å². The number of carbonyl (C=O) groups excluding carboxylic acids is 1. The minimum atomic E-state index is -0.275. The third-order valence-corrected chi connectivity index (χ3v) is 5.46. The molecule has 0 aromatic carbocycles. The molecule has 0 bridgehead atoms. The Morgan fingerprint density at radius 2 is 1.86 bits per heavy atom. The van der Waals surface area contributed by atoms with Crippen LogP contribution in [0.25, 0.3) is 0 Å². The third-order valence-electron chi connectivity index (χ3n) is 5.46. The Morgan fingerprint density at radius 3 is 2.48 bits per heavy atom. The molecule has 0 spiro atoms. The van der Waals surface area contributed by atoms with Gasteiger partial charge in [-0.05, 0) is 70.8 Å². The van der Waals surface area contributed by atoms with Gasteiger partial charge in [-0.3, -0.25) is 9.69 Å². The SMILES string of the molecule is CC1CCC(NC(=O)C(C)N2CCCC(C(C)O)C2)CC1. The topological polar surface area (TPSA) is 52.6 Å². The van der Waals surface area contributed by atoms with Gasteiger partial charge in [0.15, 0.2) is 0 Å². The van der Waals surface area contributed by atoms with E-state index in [4.69, 9.17) is 0 Å². The molecule has 1 aliphatic carbocycles. The summed E-state index contributed by atoms with van der Waals surface area (Å²) in [7, 11) is 0. The van der Waals surface area contributed by atoms with Gasteiger partial charge in [0.2, 0.25) is 5.91 Å². The molecule has 3 unspecified atom stereocenters. The van der Waals surface area contributed by atoms with E-state index in [1.165, 1.54) is 12.8 Å². The minimum absolute atomic E-state index is 0.0779. The summed E-state index contributed by atoms with van der Waals surface area (Å²) in [6, 6.07) is 0.291. The molecule has 4 heteroatoms. The lowest BCUT2D eigenvalue weighted by molar-refractivity contribution is -0.128. The van der Waals surface area contributed by atoms with Gasteiger partial charge in [-0.2, -0.15) is 0 Å². The van der Waals surface area contributed by atoms with Gasteiger partial charge in [0.1, 0.15) is 0 Å². The van der Waals surface area contributed by atoms with E-state index in [1.807, 2.05) is 13.8 Å². The van der Waals surface area contributed by atoms with Gasteiger partial charge in [0.05, 0.1) is 12.1 Å². The highest BCUT2D eigenvalue weighted by Crippen LogP contribution is 2.24. The van der Waals surface area contributed by atoms with Gasteiger partial charge in [0, 0.05) is 12.6 Å². The lowest BCUT2D eigenvalue weighted by atomic mass is 9.87. The third kappa shape index (κ3) is 4.68. The minimum Gasteiger partial charge on any atom is -0.393 e. The molecule has 3 atom stereocenters. The van der Waals surface area contributed by atoms with Crippen LogP contribution in [0.1, 0.15) is 59.3 Å². The molecule has 0 aromatic rings. The van der Waals surface area contributed by atoms with Crippen molar-refractivity contribution in [1.82, 2.24) is 10.2 Å². The van der Waals surface area contributed by atoms with Crippen LogP contribution in [0.15, 0.2) is 0 Å². The monoisotopic (exact) mass is 296 g/mol. The maximum absolute atomic E-state index is 12.5. The van der Waals surface area contributed by atoms with Crippen molar-refractivity contribution in [2.45, 2.75) is 77.5 Å². The van der Waals surface area contributed by atoms with Crippen molar-refractivity contribution >= 4 is 5.91 Å². The smallest absolute Gasteiger partial charge is 0.237 e. The van der Waals surface area contributed by atoms with Gasteiger partial charge >= 0.3 is 0 Å². The zero-order chi connectivity index (χ0) is 15.4. The van der Waals surface area contributed by atoms with Crippen LogP contribution in [0.3, 0.4) is 0 Å². The van der Waals surface area contributed by atoms with Crippen LogP contribution < -0.4 is 5.32 Å². The molecule has 1 saturated carbocycles. The first-order valence-corrected chi connectivity index (χ1v) is 8.70. The van der Waals surface area contributed by atoms with Crippen molar-refractivity contribution in [2.24, 2.45) is 11.8 Å². The fraction of sp³-hybridized carbons (Fsp3) is 0.941. The Morgan fingerprint density at radius 1 is 1.19 bits per heavy atom. The number of aliphatic hydroxyl groups excluding tert-OH is 1. The van der Waals surface area contributed by atoms with E-state index < -0.39 is 0 Å².